The predicted octanol–water partition coefficient (Wildman–Crippen LogP) is 3.13. The van der Waals surface area contributed by atoms with E-state index in [4.69, 9.17) is 0 Å². The molecule has 1 heteroatoms. The van der Waals surface area contributed by atoms with Crippen molar-refractivity contribution in [3.8, 4) is 0 Å². The molecule has 1 unspecified atom stereocenters. The van der Waals surface area contributed by atoms with Crippen LogP contribution in [0.1, 0.15) is 31.2 Å². The summed E-state index contributed by atoms with van der Waals surface area (Å²) >= 11 is 0. The van der Waals surface area contributed by atoms with E-state index in [0.717, 1.165) is 0 Å². The van der Waals surface area contributed by atoms with E-state index < -0.39 is 0 Å². The van der Waals surface area contributed by atoms with E-state index in [9.17, 15) is 0 Å². The summed E-state index contributed by atoms with van der Waals surface area (Å²) in [6.45, 7) is 3.50. The maximum atomic E-state index is 2.31. The van der Waals surface area contributed by atoms with Crippen LogP contribution in [0.2, 0.25) is 0 Å². The van der Waals surface area contributed by atoms with Gasteiger partial charge >= 0.3 is 0 Å². The van der Waals surface area contributed by atoms with Crippen molar-refractivity contribution in [3.05, 3.63) is 35.9 Å². The second-order valence-electron chi connectivity index (χ2n) is 4.26. The maximum absolute atomic E-state index is 2.31. The highest BCUT2D eigenvalue weighted by Gasteiger charge is 2.03. The second kappa shape index (κ2) is 5.82. The minimum Gasteiger partial charge on any atom is -0.309 e. The largest absolute Gasteiger partial charge is 0.309 e. The average molecular weight is 191 g/mol. The fraction of sp³-hybridized carbons (Fsp3) is 0.538. The summed E-state index contributed by atoms with van der Waals surface area (Å²) in [6, 6.07) is 10.8. The third kappa shape index (κ3) is 3.93. The molecule has 0 saturated carbocycles. The first-order valence-electron chi connectivity index (χ1n) is 5.40. The topological polar surface area (TPSA) is 3.24 Å². The fourth-order valence-corrected chi connectivity index (χ4v) is 1.66. The van der Waals surface area contributed by atoms with Crippen LogP contribution < -0.4 is 0 Å². The van der Waals surface area contributed by atoms with E-state index in [0.29, 0.717) is 5.92 Å². The first-order valence-corrected chi connectivity index (χ1v) is 5.40. The summed E-state index contributed by atoms with van der Waals surface area (Å²) in [7, 11) is 4.26. The van der Waals surface area contributed by atoms with Gasteiger partial charge in [-0.15, -0.1) is 0 Å². The van der Waals surface area contributed by atoms with Crippen molar-refractivity contribution < 1.29 is 0 Å². The number of nitrogens with zero attached hydrogens (tertiary/aromatic N) is 1. The van der Waals surface area contributed by atoms with Crippen molar-refractivity contribution in [1.82, 2.24) is 4.90 Å². The van der Waals surface area contributed by atoms with Crippen LogP contribution in [-0.4, -0.2) is 25.5 Å². The Hall–Kier alpha value is -0.820. The van der Waals surface area contributed by atoms with Gasteiger partial charge in [-0.05, 0) is 45.0 Å². The van der Waals surface area contributed by atoms with Crippen LogP contribution >= 0.6 is 0 Å². The lowest BCUT2D eigenvalue weighted by molar-refractivity contribution is 0.387. The van der Waals surface area contributed by atoms with E-state index in [1.54, 1.807) is 0 Å². The second-order valence-corrected chi connectivity index (χ2v) is 4.26. The van der Waals surface area contributed by atoms with Crippen LogP contribution in [0.15, 0.2) is 30.3 Å². The van der Waals surface area contributed by atoms with E-state index in [1.165, 1.54) is 24.9 Å². The van der Waals surface area contributed by atoms with Crippen LogP contribution in [0.5, 0.6) is 0 Å². The Kier molecular flexibility index (Phi) is 4.68. The molecule has 0 spiro atoms. The Morgan fingerprint density at radius 2 is 1.79 bits per heavy atom. The summed E-state index contributed by atoms with van der Waals surface area (Å²) in [5.41, 5.74) is 1.46. The van der Waals surface area contributed by atoms with Gasteiger partial charge in [-0.1, -0.05) is 37.3 Å². The van der Waals surface area contributed by atoms with E-state index >= 15 is 0 Å². The van der Waals surface area contributed by atoms with Crippen molar-refractivity contribution in [2.45, 2.75) is 25.7 Å². The molecule has 0 radical (unpaired) electrons. The Labute approximate surface area is 87.7 Å². The zero-order chi connectivity index (χ0) is 10.4. The molecule has 1 rings (SSSR count). The van der Waals surface area contributed by atoms with Gasteiger partial charge in [0, 0.05) is 0 Å². The van der Waals surface area contributed by atoms with E-state index in [1.807, 2.05) is 0 Å². The van der Waals surface area contributed by atoms with Gasteiger partial charge in [0.1, 0.15) is 0 Å². The predicted molar refractivity (Wildman–Crippen MR) is 62.6 cm³/mol. The first-order chi connectivity index (χ1) is 6.70. The van der Waals surface area contributed by atoms with Crippen LogP contribution in [0.4, 0.5) is 0 Å². The summed E-state index contributed by atoms with van der Waals surface area (Å²) in [6.07, 6.45) is 2.56. The highest BCUT2D eigenvalue weighted by molar-refractivity contribution is 5.18. The Morgan fingerprint density at radius 3 is 2.36 bits per heavy atom. The molecule has 0 aromatic heterocycles. The van der Waals surface area contributed by atoms with Gasteiger partial charge < -0.3 is 4.90 Å². The molecule has 78 valence electrons. The first kappa shape index (κ1) is 11.3. The molecule has 1 nitrogen and oxygen atoms in total. The van der Waals surface area contributed by atoms with Crippen molar-refractivity contribution in [2.75, 3.05) is 20.6 Å². The standard InChI is InChI=1S/C13H21N/c1-12(8-7-11-14(2)3)13-9-5-4-6-10-13/h4-6,9-10,12H,7-8,11H2,1-3H3. The monoisotopic (exact) mass is 191 g/mol. The number of hydrogen-bond donors (Lipinski definition) is 0. The number of rotatable bonds is 5. The van der Waals surface area contributed by atoms with Gasteiger partial charge in [0.15, 0.2) is 0 Å². The summed E-state index contributed by atoms with van der Waals surface area (Å²) in [4.78, 5) is 2.25. The zero-order valence-electron chi connectivity index (χ0n) is 9.53. The molecule has 0 heterocycles. The van der Waals surface area contributed by atoms with Crippen molar-refractivity contribution in [1.29, 1.82) is 0 Å². The molecule has 0 amide bonds. The lowest BCUT2D eigenvalue weighted by atomic mass is 9.96. The Morgan fingerprint density at radius 1 is 1.14 bits per heavy atom. The van der Waals surface area contributed by atoms with Crippen LogP contribution in [0, 0.1) is 0 Å². The van der Waals surface area contributed by atoms with Crippen molar-refractivity contribution in [3.63, 3.8) is 0 Å². The molecule has 0 fully saturated rings. The number of hydrogen-bond acceptors (Lipinski definition) is 1. The molecule has 0 N–H and O–H groups in total. The fourth-order valence-electron chi connectivity index (χ4n) is 1.66. The molecular weight excluding hydrogens is 170 g/mol. The minimum absolute atomic E-state index is 0.691. The number of benzene rings is 1. The molecule has 0 aliphatic carbocycles. The van der Waals surface area contributed by atoms with Gasteiger partial charge in [0.25, 0.3) is 0 Å². The summed E-state index contributed by atoms with van der Waals surface area (Å²) in [5, 5.41) is 0. The van der Waals surface area contributed by atoms with Gasteiger partial charge in [0.05, 0.1) is 0 Å². The van der Waals surface area contributed by atoms with Crippen LogP contribution in [-0.2, 0) is 0 Å². The van der Waals surface area contributed by atoms with Crippen molar-refractivity contribution >= 4 is 0 Å². The maximum Gasteiger partial charge on any atom is -0.00246 e. The zero-order valence-corrected chi connectivity index (χ0v) is 9.53. The molecule has 0 bridgehead atoms. The third-order valence-electron chi connectivity index (χ3n) is 2.61. The quantitative estimate of drug-likeness (QED) is 0.691. The highest BCUT2D eigenvalue weighted by atomic mass is 15.0. The Bertz CT molecular complexity index is 241. The molecule has 1 aromatic rings. The van der Waals surface area contributed by atoms with Crippen LogP contribution in [0.25, 0.3) is 0 Å². The third-order valence-corrected chi connectivity index (χ3v) is 2.61. The van der Waals surface area contributed by atoms with Gasteiger partial charge in [0.2, 0.25) is 0 Å². The molecular formula is C13H21N. The van der Waals surface area contributed by atoms with Crippen LogP contribution in [0.3, 0.4) is 0 Å². The van der Waals surface area contributed by atoms with E-state index in [2.05, 4.69) is 56.3 Å². The normalized spacial score (nSPS) is 13.1. The lowest BCUT2D eigenvalue weighted by Crippen LogP contribution is -2.13. The van der Waals surface area contributed by atoms with Crippen molar-refractivity contribution in [2.24, 2.45) is 0 Å². The summed E-state index contributed by atoms with van der Waals surface area (Å²) in [5.74, 6) is 0.691. The molecule has 14 heavy (non-hydrogen) atoms. The molecule has 1 aromatic carbocycles. The van der Waals surface area contributed by atoms with Gasteiger partial charge in [-0.3, -0.25) is 0 Å². The highest BCUT2D eigenvalue weighted by Crippen LogP contribution is 2.19. The van der Waals surface area contributed by atoms with Gasteiger partial charge in [-0.2, -0.15) is 0 Å². The Balaban J connectivity index is 2.32. The summed E-state index contributed by atoms with van der Waals surface area (Å²) < 4.78 is 0. The molecule has 0 aliphatic heterocycles. The van der Waals surface area contributed by atoms with E-state index in [-0.39, 0.29) is 0 Å². The van der Waals surface area contributed by atoms with Gasteiger partial charge in [-0.25, -0.2) is 0 Å². The molecule has 1 atom stereocenters. The smallest absolute Gasteiger partial charge is 0.00246 e. The molecule has 0 aliphatic rings. The minimum atomic E-state index is 0.691. The average Bonchev–Trinajstić information content (AvgIpc) is 2.18. The SMILES string of the molecule is CC(CCCN(C)C)c1ccccc1. The molecule has 0 saturated heterocycles. The lowest BCUT2D eigenvalue weighted by Gasteiger charge is -2.14.